The van der Waals surface area contributed by atoms with Crippen LogP contribution < -0.4 is 11.2 Å². The molecule has 5 nitrogen and oxygen atoms in total. The van der Waals surface area contributed by atoms with Gasteiger partial charge in [0.15, 0.2) is 6.17 Å². The zero-order valence-corrected chi connectivity index (χ0v) is 15.7. The Labute approximate surface area is 152 Å². The summed E-state index contributed by atoms with van der Waals surface area (Å²) in [6, 6.07) is 5.39. The molecular formula is C20H25FN2O3. The molecule has 2 aromatic rings. The van der Waals surface area contributed by atoms with Crippen LogP contribution in [0.4, 0.5) is 4.39 Å². The molecule has 1 heterocycles. The molecule has 1 N–H and O–H groups in total. The Morgan fingerprint density at radius 3 is 2.42 bits per heavy atom. The van der Waals surface area contributed by atoms with Gasteiger partial charge in [-0.3, -0.25) is 14.3 Å². The van der Waals surface area contributed by atoms with E-state index in [9.17, 15) is 9.59 Å². The number of nitrogens with one attached hydrogen (secondary N) is 1. The van der Waals surface area contributed by atoms with E-state index >= 15 is 4.39 Å². The van der Waals surface area contributed by atoms with Gasteiger partial charge in [-0.1, -0.05) is 48.4 Å². The topological polar surface area (TPSA) is 64.1 Å². The first kappa shape index (κ1) is 19.8. The molecule has 1 atom stereocenters. The third-order valence-corrected chi connectivity index (χ3v) is 4.04. The van der Waals surface area contributed by atoms with Gasteiger partial charge in [-0.2, -0.15) is 0 Å². The minimum atomic E-state index is -1.60. The molecule has 0 fully saturated rings. The van der Waals surface area contributed by atoms with E-state index in [0.717, 1.165) is 21.3 Å². The van der Waals surface area contributed by atoms with Gasteiger partial charge < -0.3 is 4.74 Å². The monoisotopic (exact) mass is 360 g/mol. The lowest BCUT2D eigenvalue weighted by Crippen LogP contribution is -2.36. The zero-order valence-electron chi connectivity index (χ0n) is 15.7. The molecule has 0 aliphatic rings. The smallest absolute Gasteiger partial charge is 0.330 e. The molecule has 1 aromatic heterocycles. The highest BCUT2D eigenvalue weighted by atomic mass is 19.1. The highest BCUT2D eigenvalue weighted by molar-refractivity contribution is 5.36. The number of alkyl halides is 1. The maximum absolute atomic E-state index is 15.5. The van der Waals surface area contributed by atoms with Crippen molar-refractivity contribution in [2.45, 2.75) is 47.0 Å². The second-order valence-corrected chi connectivity index (χ2v) is 6.62. The van der Waals surface area contributed by atoms with E-state index in [1.807, 2.05) is 19.9 Å². The number of H-pyrrole nitrogens is 1. The fourth-order valence-electron chi connectivity index (χ4n) is 3.01. The van der Waals surface area contributed by atoms with E-state index in [0.29, 0.717) is 12.0 Å². The van der Waals surface area contributed by atoms with Gasteiger partial charge in [-0.25, -0.2) is 9.18 Å². The van der Waals surface area contributed by atoms with Gasteiger partial charge in [0.05, 0.1) is 12.3 Å². The molecule has 0 saturated carbocycles. The number of nitrogens with zero attached hydrogens (tertiary/aromatic N) is 1. The van der Waals surface area contributed by atoms with Gasteiger partial charge in [0.2, 0.25) is 0 Å². The van der Waals surface area contributed by atoms with Gasteiger partial charge in [0, 0.05) is 5.56 Å². The summed E-state index contributed by atoms with van der Waals surface area (Å²) in [5.41, 5.74) is 2.08. The lowest BCUT2D eigenvalue weighted by molar-refractivity contribution is 0.0864. The van der Waals surface area contributed by atoms with E-state index < -0.39 is 17.4 Å². The Bertz CT molecular complexity index is 907. The molecule has 0 aliphatic heterocycles. The maximum atomic E-state index is 15.5. The first-order chi connectivity index (χ1) is 12.2. The lowest BCUT2D eigenvalue weighted by atomic mass is 9.99. The number of ether oxygens (including phenoxy) is 1. The van der Waals surface area contributed by atoms with Crippen molar-refractivity contribution in [2.24, 2.45) is 0 Å². The molecule has 0 radical (unpaired) electrons. The minimum absolute atomic E-state index is 0.0490. The highest BCUT2D eigenvalue weighted by Crippen LogP contribution is 2.28. The van der Waals surface area contributed by atoms with Gasteiger partial charge in [0.25, 0.3) is 5.56 Å². The van der Waals surface area contributed by atoms with E-state index in [1.165, 1.54) is 0 Å². The molecular weight excluding hydrogens is 335 g/mol. The Kier molecular flexibility index (Phi) is 6.32. The molecule has 0 amide bonds. The summed E-state index contributed by atoms with van der Waals surface area (Å²) in [6.45, 7) is 11.1. The van der Waals surface area contributed by atoms with E-state index in [1.54, 1.807) is 26.0 Å². The number of hydrogen-bond donors (Lipinski definition) is 1. The van der Waals surface area contributed by atoms with Crippen molar-refractivity contribution in [3.63, 3.8) is 0 Å². The predicted octanol–water partition coefficient (Wildman–Crippen LogP) is 3.32. The molecule has 0 spiro atoms. The quantitative estimate of drug-likeness (QED) is 0.771. The fourth-order valence-corrected chi connectivity index (χ4v) is 3.01. The van der Waals surface area contributed by atoms with Crippen molar-refractivity contribution in [3.05, 3.63) is 79.1 Å². The molecule has 1 aromatic carbocycles. The van der Waals surface area contributed by atoms with Crippen LogP contribution in [0.3, 0.4) is 0 Å². The van der Waals surface area contributed by atoms with Crippen LogP contribution in [-0.2, 0) is 17.9 Å². The van der Waals surface area contributed by atoms with Crippen LogP contribution in [0.2, 0.25) is 0 Å². The SMILES string of the molecule is C=C(C)COCn1c(C(F)c2cc(C)cc(C)c2)c(CC)c(=O)[nH]c1=O. The molecule has 1 unspecified atom stereocenters. The molecule has 6 heteroatoms. The number of aromatic amines is 1. The number of aromatic nitrogens is 2. The van der Waals surface area contributed by atoms with Crippen LogP contribution in [-0.4, -0.2) is 16.2 Å². The minimum Gasteiger partial charge on any atom is -0.356 e. The fraction of sp³-hybridized carbons (Fsp3) is 0.400. The summed E-state index contributed by atoms with van der Waals surface area (Å²) in [4.78, 5) is 26.8. The first-order valence-corrected chi connectivity index (χ1v) is 8.54. The summed E-state index contributed by atoms with van der Waals surface area (Å²) < 4.78 is 22.1. The largest absolute Gasteiger partial charge is 0.356 e. The normalized spacial score (nSPS) is 12.2. The molecule has 140 valence electrons. The molecule has 0 bridgehead atoms. The number of halogens is 1. The lowest BCUT2D eigenvalue weighted by Gasteiger charge is -2.19. The van der Waals surface area contributed by atoms with Crippen LogP contribution in [0, 0.1) is 13.8 Å². The average molecular weight is 360 g/mol. The zero-order chi connectivity index (χ0) is 19.4. The van der Waals surface area contributed by atoms with Crippen LogP contribution >= 0.6 is 0 Å². The third kappa shape index (κ3) is 4.38. The Balaban J connectivity index is 2.61. The maximum Gasteiger partial charge on any atom is 0.330 e. The van der Waals surface area contributed by atoms with Gasteiger partial charge >= 0.3 is 5.69 Å². The van der Waals surface area contributed by atoms with Crippen LogP contribution in [0.5, 0.6) is 0 Å². The van der Waals surface area contributed by atoms with Crippen molar-refractivity contribution >= 4 is 0 Å². The van der Waals surface area contributed by atoms with Crippen molar-refractivity contribution in [1.29, 1.82) is 0 Å². The summed E-state index contributed by atoms with van der Waals surface area (Å²) in [5, 5.41) is 0. The Hall–Kier alpha value is -2.47. The van der Waals surface area contributed by atoms with Gasteiger partial charge in [-0.05, 0) is 32.8 Å². The number of rotatable bonds is 7. The average Bonchev–Trinajstić information content (AvgIpc) is 2.54. The molecule has 26 heavy (non-hydrogen) atoms. The highest BCUT2D eigenvalue weighted by Gasteiger charge is 2.24. The van der Waals surface area contributed by atoms with E-state index in [-0.39, 0.29) is 24.6 Å². The Morgan fingerprint density at radius 2 is 1.88 bits per heavy atom. The van der Waals surface area contributed by atoms with Crippen molar-refractivity contribution in [2.75, 3.05) is 6.61 Å². The summed E-state index contributed by atoms with van der Waals surface area (Å²) in [6.07, 6.45) is -1.30. The second kappa shape index (κ2) is 8.27. The van der Waals surface area contributed by atoms with Crippen LogP contribution in [0.15, 0.2) is 39.9 Å². The van der Waals surface area contributed by atoms with Crippen molar-refractivity contribution < 1.29 is 9.13 Å². The van der Waals surface area contributed by atoms with Crippen molar-refractivity contribution in [1.82, 2.24) is 9.55 Å². The third-order valence-electron chi connectivity index (χ3n) is 4.04. The number of hydrogen-bond acceptors (Lipinski definition) is 3. The summed E-state index contributed by atoms with van der Waals surface area (Å²) in [7, 11) is 0. The summed E-state index contributed by atoms with van der Waals surface area (Å²) >= 11 is 0. The van der Waals surface area contributed by atoms with Gasteiger partial charge in [-0.15, -0.1) is 0 Å². The van der Waals surface area contributed by atoms with Gasteiger partial charge in [0.1, 0.15) is 6.73 Å². The molecule has 0 aliphatic carbocycles. The van der Waals surface area contributed by atoms with Crippen LogP contribution in [0.25, 0.3) is 0 Å². The first-order valence-electron chi connectivity index (χ1n) is 8.54. The van der Waals surface area contributed by atoms with E-state index in [2.05, 4.69) is 11.6 Å². The van der Waals surface area contributed by atoms with Crippen molar-refractivity contribution in [3.8, 4) is 0 Å². The molecule has 2 rings (SSSR count). The second-order valence-electron chi connectivity index (χ2n) is 6.62. The summed E-state index contributed by atoms with van der Waals surface area (Å²) in [5.74, 6) is 0. The van der Waals surface area contributed by atoms with E-state index in [4.69, 9.17) is 4.74 Å². The predicted molar refractivity (Wildman–Crippen MR) is 100 cm³/mol. The standard InChI is InChI=1S/C20H25FN2O3/c1-6-16-18(17(21)15-8-13(4)7-14(5)9-15)23(11-26-10-12(2)3)20(25)22-19(16)24/h7-9,17H,2,6,10-11H2,1,3-5H3,(H,22,24,25). The van der Waals surface area contributed by atoms with Crippen LogP contribution in [0.1, 0.15) is 48.0 Å². The number of benzene rings is 1. The Morgan fingerprint density at radius 1 is 1.27 bits per heavy atom. The molecule has 0 saturated heterocycles. The number of aryl methyl sites for hydroxylation is 2.